The fraction of sp³-hybridized carbons (Fsp3) is 0.417. The van der Waals surface area contributed by atoms with Crippen LogP contribution in [-0.4, -0.2) is 54.7 Å². The van der Waals surface area contributed by atoms with E-state index >= 15 is 0 Å². The normalized spacial score (nSPS) is 14.6. The van der Waals surface area contributed by atoms with Crippen molar-refractivity contribution >= 4 is 11.8 Å². The van der Waals surface area contributed by atoms with Gasteiger partial charge >= 0.3 is 6.36 Å². The fourth-order valence-corrected chi connectivity index (χ4v) is 3.81. The first-order valence-electron chi connectivity index (χ1n) is 10.8. The Labute approximate surface area is 190 Å². The molecule has 1 fully saturated rings. The maximum atomic E-state index is 12.8. The molecule has 2 aromatic carbocycles. The third-order valence-electron chi connectivity index (χ3n) is 5.51. The third kappa shape index (κ3) is 7.40. The van der Waals surface area contributed by atoms with Gasteiger partial charge in [-0.15, -0.1) is 13.2 Å². The van der Waals surface area contributed by atoms with Crippen LogP contribution < -0.4 is 9.47 Å². The van der Waals surface area contributed by atoms with E-state index < -0.39 is 6.36 Å². The molecule has 0 bridgehead atoms. The van der Waals surface area contributed by atoms with Crippen LogP contribution in [0.15, 0.2) is 54.6 Å². The standard InChI is InChI=1S/C24H27F3N2O4/c1-28(17-19-7-5-6-10-21(19)33-24(25,26)27)23(31)18-11-14-29(15-12-18)22(30)13-16-32-20-8-3-2-4-9-20/h2-10,18H,11-17H2,1H3. The molecule has 1 saturated heterocycles. The zero-order valence-corrected chi connectivity index (χ0v) is 18.4. The predicted molar refractivity (Wildman–Crippen MR) is 115 cm³/mol. The van der Waals surface area contributed by atoms with E-state index in [0.717, 1.165) is 0 Å². The highest BCUT2D eigenvalue weighted by Crippen LogP contribution is 2.28. The van der Waals surface area contributed by atoms with E-state index in [9.17, 15) is 22.8 Å². The lowest BCUT2D eigenvalue weighted by atomic mass is 9.95. The zero-order chi connectivity index (χ0) is 23.8. The number of benzene rings is 2. The second-order valence-corrected chi connectivity index (χ2v) is 7.92. The molecule has 33 heavy (non-hydrogen) atoms. The summed E-state index contributed by atoms with van der Waals surface area (Å²) in [7, 11) is 1.56. The van der Waals surface area contributed by atoms with Crippen LogP contribution in [0, 0.1) is 5.92 Å². The van der Waals surface area contributed by atoms with E-state index in [-0.39, 0.29) is 48.6 Å². The van der Waals surface area contributed by atoms with Crippen molar-refractivity contribution in [2.75, 3.05) is 26.7 Å². The minimum atomic E-state index is -4.80. The molecule has 9 heteroatoms. The van der Waals surface area contributed by atoms with Gasteiger partial charge in [0.25, 0.3) is 0 Å². The summed E-state index contributed by atoms with van der Waals surface area (Å²) in [5.41, 5.74) is 0.275. The summed E-state index contributed by atoms with van der Waals surface area (Å²) < 4.78 is 47.5. The van der Waals surface area contributed by atoms with Crippen LogP contribution in [0.2, 0.25) is 0 Å². The Bertz CT molecular complexity index is 929. The molecule has 0 unspecified atom stereocenters. The first-order valence-corrected chi connectivity index (χ1v) is 10.8. The van der Waals surface area contributed by atoms with Crippen molar-refractivity contribution in [2.45, 2.75) is 32.2 Å². The van der Waals surface area contributed by atoms with Crippen LogP contribution in [0.25, 0.3) is 0 Å². The van der Waals surface area contributed by atoms with Gasteiger partial charge in [-0.25, -0.2) is 0 Å². The molecular formula is C24H27F3N2O4. The van der Waals surface area contributed by atoms with Gasteiger partial charge in [0.1, 0.15) is 11.5 Å². The minimum absolute atomic E-state index is 0.00105. The van der Waals surface area contributed by atoms with Crippen LogP contribution in [0.4, 0.5) is 13.2 Å². The number of hydrogen-bond donors (Lipinski definition) is 0. The molecule has 1 aliphatic heterocycles. The highest BCUT2D eigenvalue weighted by atomic mass is 19.4. The molecule has 2 aromatic rings. The van der Waals surface area contributed by atoms with E-state index in [2.05, 4.69) is 4.74 Å². The van der Waals surface area contributed by atoms with E-state index in [4.69, 9.17) is 4.74 Å². The van der Waals surface area contributed by atoms with Crippen LogP contribution >= 0.6 is 0 Å². The lowest BCUT2D eigenvalue weighted by Gasteiger charge is -2.33. The van der Waals surface area contributed by atoms with Crippen LogP contribution in [0.3, 0.4) is 0 Å². The molecule has 6 nitrogen and oxygen atoms in total. The number of carbonyl (C=O) groups excluding carboxylic acids is 2. The Morgan fingerprint density at radius 2 is 1.67 bits per heavy atom. The summed E-state index contributed by atoms with van der Waals surface area (Å²) in [5.74, 6) is -0.0716. The highest BCUT2D eigenvalue weighted by molar-refractivity contribution is 5.80. The molecular weight excluding hydrogens is 437 g/mol. The first-order chi connectivity index (χ1) is 15.7. The van der Waals surface area contributed by atoms with Crippen molar-refractivity contribution in [1.29, 1.82) is 0 Å². The SMILES string of the molecule is CN(Cc1ccccc1OC(F)(F)F)C(=O)C1CCN(C(=O)CCOc2ccccc2)CC1. The molecule has 0 saturated carbocycles. The summed E-state index contributed by atoms with van der Waals surface area (Å²) in [6.07, 6.45) is -3.53. The molecule has 0 aromatic heterocycles. The molecule has 1 heterocycles. The van der Waals surface area contributed by atoms with Gasteiger partial charge in [-0.3, -0.25) is 9.59 Å². The van der Waals surface area contributed by atoms with Gasteiger partial charge in [0.05, 0.1) is 13.0 Å². The van der Waals surface area contributed by atoms with Gasteiger partial charge in [0.2, 0.25) is 11.8 Å². The summed E-state index contributed by atoms with van der Waals surface area (Å²) in [6.45, 7) is 1.20. The van der Waals surface area contributed by atoms with Crippen LogP contribution in [-0.2, 0) is 16.1 Å². The number of ether oxygens (including phenoxy) is 2. The number of amides is 2. The Morgan fingerprint density at radius 1 is 1.03 bits per heavy atom. The molecule has 0 spiro atoms. The quantitative estimate of drug-likeness (QED) is 0.586. The average Bonchev–Trinajstić information content (AvgIpc) is 2.79. The predicted octanol–water partition coefficient (Wildman–Crippen LogP) is 4.25. The van der Waals surface area contributed by atoms with E-state index in [1.807, 2.05) is 30.3 Å². The highest BCUT2D eigenvalue weighted by Gasteiger charge is 2.33. The maximum absolute atomic E-state index is 12.8. The Kier molecular flexibility index (Phi) is 8.19. The number of halogens is 3. The van der Waals surface area contributed by atoms with Crippen molar-refractivity contribution in [3.05, 3.63) is 60.2 Å². The smallest absolute Gasteiger partial charge is 0.493 e. The van der Waals surface area contributed by atoms with Gasteiger partial charge in [0, 0.05) is 38.2 Å². The Morgan fingerprint density at radius 3 is 2.33 bits per heavy atom. The third-order valence-corrected chi connectivity index (χ3v) is 5.51. The van der Waals surface area contributed by atoms with Gasteiger partial charge < -0.3 is 19.3 Å². The number of rotatable bonds is 8. The van der Waals surface area contributed by atoms with Crippen molar-refractivity contribution in [1.82, 2.24) is 9.80 Å². The number of para-hydroxylation sites is 2. The van der Waals surface area contributed by atoms with E-state index in [1.54, 1.807) is 18.0 Å². The Balaban J connectivity index is 1.45. The largest absolute Gasteiger partial charge is 0.573 e. The number of likely N-dealkylation sites (tertiary alicyclic amines) is 1. The second kappa shape index (κ2) is 11.1. The van der Waals surface area contributed by atoms with E-state index in [1.165, 1.54) is 23.1 Å². The lowest BCUT2D eigenvalue weighted by Crippen LogP contribution is -2.43. The number of alkyl halides is 3. The van der Waals surface area contributed by atoms with Crippen LogP contribution in [0.1, 0.15) is 24.8 Å². The minimum Gasteiger partial charge on any atom is -0.493 e. The molecule has 178 valence electrons. The number of nitrogens with zero attached hydrogens (tertiary/aromatic N) is 2. The first kappa shape index (κ1) is 24.4. The van der Waals surface area contributed by atoms with Gasteiger partial charge in [-0.1, -0.05) is 36.4 Å². The lowest BCUT2D eigenvalue weighted by molar-refractivity contribution is -0.275. The molecule has 3 rings (SSSR count). The van der Waals surface area contributed by atoms with Gasteiger partial charge in [-0.05, 0) is 31.0 Å². The Hall–Kier alpha value is -3.23. The van der Waals surface area contributed by atoms with Crippen molar-refractivity contribution in [2.24, 2.45) is 5.92 Å². The average molecular weight is 464 g/mol. The number of hydrogen-bond acceptors (Lipinski definition) is 4. The van der Waals surface area contributed by atoms with Crippen molar-refractivity contribution < 1.29 is 32.2 Å². The zero-order valence-electron chi connectivity index (χ0n) is 18.4. The molecule has 1 aliphatic rings. The summed E-state index contributed by atoms with van der Waals surface area (Å²) in [6, 6.07) is 15.0. The summed E-state index contributed by atoms with van der Waals surface area (Å²) >= 11 is 0. The van der Waals surface area contributed by atoms with Crippen molar-refractivity contribution in [3.63, 3.8) is 0 Å². The molecule has 2 amide bonds. The molecule has 0 radical (unpaired) electrons. The monoisotopic (exact) mass is 464 g/mol. The molecule has 0 aliphatic carbocycles. The second-order valence-electron chi connectivity index (χ2n) is 7.92. The van der Waals surface area contributed by atoms with Crippen LogP contribution in [0.5, 0.6) is 11.5 Å². The van der Waals surface area contributed by atoms with E-state index in [0.29, 0.717) is 31.7 Å². The maximum Gasteiger partial charge on any atom is 0.573 e. The number of carbonyl (C=O) groups is 2. The fourth-order valence-electron chi connectivity index (χ4n) is 3.81. The van der Waals surface area contributed by atoms with Gasteiger partial charge in [0.15, 0.2) is 0 Å². The summed E-state index contributed by atoms with van der Waals surface area (Å²) in [4.78, 5) is 28.4. The molecule has 0 N–H and O–H groups in total. The van der Waals surface area contributed by atoms with Gasteiger partial charge in [-0.2, -0.15) is 0 Å². The van der Waals surface area contributed by atoms with Crippen molar-refractivity contribution in [3.8, 4) is 11.5 Å². The molecule has 0 atom stereocenters. The summed E-state index contributed by atoms with van der Waals surface area (Å²) in [5, 5.41) is 0. The topological polar surface area (TPSA) is 59.1 Å². The number of piperidine rings is 1.